The van der Waals surface area contributed by atoms with Crippen molar-refractivity contribution in [3.8, 4) is 11.4 Å². The number of tetrazole rings is 1. The minimum atomic E-state index is -4.67. The third-order valence-corrected chi connectivity index (χ3v) is 5.66. The third kappa shape index (κ3) is 6.81. The van der Waals surface area contributed by atoms with Gasteiger partial charge in [-0.2, -0.15) is 31.6 Å². The van der Waals surface area contributed by atoms with Crippen molar-refractivity contribution < 1.29 is 31.1 Å². The summed E-state index contributed by atoms with van der Waals surface area (Å²) in [5.74, 6) is -1.22. The number of nitrogens with one attached hydrogen (secondary N) is 2. The van der Waals surface area contributed by atoms with Gasteiger partial charge in [0.2, 0.25) is 11.7 Å². The predicted molar refractivity (Wildman–Crippen MR) is 123 cm³/mol. The summed E-state index contributed by atoms with van der Waals surface area (Å²) >= 11 is 5.87. The molecular formula is C22H17ClF6N8O2. The molecule has 0 spiro atoms. The molecule has 2 heterocycles. The van der Waals surface area contributed by atoms with E-state index in [4.69, 9.17) is 11.6 Å². The lowest BCUT2D eigenvalue weighted by Gasteiger charge is -2.17. The molecule has 10 nitrogen and oxygen atoms in total. The van der Waals surface area contributed by atoms with Crippen molar-refractivity contribution in [2.24, 2.45) is 0 Å². The maximum atomic E-state index is 13.2. The van der Waals surface area contributed by atoms with Crippen LogP contribution in [-0.2, 0) is 24.1 Å². The zero-order valence-corrected chi connectivity index (χ0v) is 20.2. The largest absolute Gasteiger partial charge is 0.416 e. The van der Waals surface area contributed by atoms with Gasteiger partial charge in [0.15, 0.2) is 5.82 Å². The number of hydrogen-bond acceptors (Lipinski definition) is 6. The van der Waals surface area contributed by atoms with Crippen LogP contribution in [0.25, 0.3) is 11.4 Å². The van der Waals surface area contributed by atoms with Crippen LogP contribution in [0.15, 0.2) is 53.3 Å². The van der Waals surface area contributed by atoms with Crippen LogP contribution in [0.2, 0.25) is 5.02 Å². The molecule has 2 N–H and O–H groups in total. The van der Waals surface area contributed by atoms with Crippen LogP contribution < -0.4 is 11.0 Å². The fourth-order valence-electron chi connectivity index (χ4n) is 3.62. The van der Waals surface area contributed by atoms with Gasteiger partial charge in [0, 0.05) is 17.1 Å². The van der Waals surface area contributed by atoms with Gasteiger partial charge >= 0.3 is 18.0 Å². The Balaban J connectivity index is 1.64. The number of benzene rings is 2. The molecule has 0 fully saturated rings. The highest BCUT2D eigenvalue weighted by molar-refractivity contribution is 6.30. The van der Waals surface area contributed by atoms with Crippen molar-refractivity contribution in [2.45, 2.75) is 37.9 Å². The lowest BCUT2D eigenvalue weighted by molar-refractivity contribution is -0.138. The minimum absolute atomic E-state index is 0.0375. The van der Waals surface area contributed by atoms with E-state index in [1.807, 2.05) is 0 Å². The van der Waals surface area contributed by atoms with Crippen LogP contribution in [0.3, 0.4) is 0 Å². The van der Waals surface area contributed by atoms with Crippen LogP contribution in [0, 0.1) is 0 Å². The molecule has 17 heteroatoms. The van der Waals surface area contributed by atoms with Crippen LogP contribution in [0.5, 0.6) is 0 Å². The molecule has 1 atom stereocenters. The number of aromatic amines is 1. The number of amides is 1. The molecule has 4 aromatic rings. The van der Waals surface area contributed by atoms with Crippen LogP contribution in [-0.4, -0.2) is 47.1 Å². The van der Waals surface area contributed by atoms with Gasteiger partial charge in [-0.25, -0.2) is 9.48 Å². The Morgan fingerprint density at radius 3 is 2.41 bits per heavy atom. The van der Waals surface area contributed by atoms with E-state index >= 15 is 0 Å². The molecular weight excluding hydrogens is 558 g/mol. The van der Waals surface area contributed by atoms with Gasteiger partial charge in [-0.1, -0.05) is 28.9 Å². The predicted octanol–water partition coefficient (Wildman–Crippen LogP) is 3.76. The number of hydrogen-bond donors (Lipinski definition) is 2. The first-order valence-electron chi connectivity index (χ1n) is 11.0. The van der Waals surface area contributed by atoms with E-state index in [2.05, 4.69) is 31.0 Å². The molecule has 1 amide bonds. The van der Waals surface area contributed by atoms with Gasteiger partial charge in [-0.15, -0.1) is 15.3 Å². The first kappa shape index (κ1) is 27.8. The summed E-state index contributed by atoms with van der Waals surface area (Å²) in [6, 6.07) is 8.53. The van der Waals surface area contributed by atoms with E-state index in [-0.39, 0.29) is 22.8 Å². The molecule has 4 rings (SSSR count). The Labute approximate surface area is 219 Å². The Morgan fingerprint density at radius 1 is 1.08 bits per heavy atom. The highest BCUT2D eigenvalue weighted by Crippen LogP contribution is 2.31. The van der Waals surface area contributed by atoms with Crippen molar-refractivity contribution in [1.29, 1.82) is 0 Å². The zero-order chi connectivity index (χ0) is 28.4. The van der Waals surface area contributed by atoms with Crippen molar-refractivity contribution >= 4 is 17.5 Å². The molecule has 1 unspecified atom stereocenters. The standard InChI is InChI=1S/C22H17ClF6N8O2/c23-15-6-4-12(5-7-15)19-33-37(20(39)36(19)9-8-21(24,25)26)11-16(38)30-17(18-31-34-35-32-18)13-2-1-3-14(10-13)22(27,28)29/h1-7,10,17H,8-9,11H2,(H,30,38)(H,31,32,34,35). The maximum Gasteiger partial charge on any atom is 0.416 e. The van der Waals surface area contributed by atoms with E-state index in [0.717, 1.165) is 22.8 Å². The number of aromatic nitrogens is 7. The quantitative estimate of drug-likeness (QED) is 0.309. The van der Waals surface area contributed by atoms with Gasteiger partial charge in [0.25, 0.3) is 0 Å². The van der Waals surface area contributed by atoms with E-state index in [1.165, 1.54) is 30.3 Å². The molecule has 0 aliphatic heterocycles. The fourth-order valence-corrected chi connectivity index (χ4v) is 3.75. The first-order chi connectivity index (χ1) is 18.3. The lowest BCUT2D eigenvalue weighted by atomic mass is 10.0. The van der Waals surface area contributed by atoms with Crippen LogP contribution in [0.4, 0.5) is 26.3 Å². The van der Waals surface area contributed by atoms with E-state index in [1.54, 1.807) is 0 Å². The van der Waals surface area contributed by atoms with Gasteiger partial charge in [-0.05, 0) is 42.0 Å². The number of halogens is 7. The number of H-pyrrole nitrogens is 1. The summed E-state index contributed by atoms with van der Waals surface area (Å²) in [7, 11) is 0. The second-order valence-electron chi connectivity index (χ2n) is 8.18. The highest BCUT2D eigenvalue weighted by atomic mass is 35.5. The fraction of sp³-hybridized carbons (Fsp3) is 0.273. The van der Waals surface area contributed by atoms with Gasteiger partial charge in [0.1, 0.15) is 12.6 Å². The molecule has 2 aromatic heterocycles. The van der Waals surface area contributed by atoms with Crippen molar-refractivity contribution in [3.63, 3.8) is 0 Å². The Bertz CT molecular complexity index is 1500. The maximum absolute atomic E-state index is 13.2. The molecule has 0 bridgehead atoms. The number of alkyl halides is 6. The first-order valence-corrected chi connectivity index (χ1v) is 11.4. The number of carbonyl (C=O) groups excluding carboxylic acids is 1. The van der Waals surface area contributed by atoms with Gasteiger partial charge in [0.05, 0.1) is 12.0 Å². The molecule has 206 valence electrons. The van der Waals surface area contributed by atoms with Crippen LogP contribution >= 0.6 is 11.6 Å². The molecule has 0 saturated heterocycles. The topological polar surface area (TPSA) is 123 Å². The number of carbonyl (C=O) groups is 1. The molecule has 0 saturated carbocycles. The second kappa shape index (κ2) is 10.9. The van der Waals surface area contributed by atoms with Crippen molar-refractivity contribution in [3.05, 3.63) is 81.0 Å². The van der Waals surface area contributed by atoms with Crippen molar-refractivity contribution in [1.82, 2.24) is 40.3 Å². The average molecular weight is 575 g/mol. The number of rotatable bonds is 8. The van der Waals surface area contributed by atoms with E-state index in [9.17, 15) is 35.9 Å². The summed E-state index contributed by atoms with van der Waals surface area (Å²) in [6.45, 7) is -1.54. The Morgan fingerprint density at radius 2 is 1.79 bits per heavy atom. The molecule has 2 aromatic carbocycles. The zero-order valence-electron chi connectivity index (χ0n) is 19.5. The summed E-state index contributed by atoms with van der Waals surface area (Å²) in [6.07, 6.45) is -10.6. The summed E-state index contributed by atoms with van der Waals surface area (Å²) in [5, 5.41) is 19.7. The van der Waals surface area contributed by atoms with E-state index < -0.39 is 55.1 Å². The molecule has 0 aliphatic carbocycles. The normalized spacial score (nSPS) is 12.9. The second-order valence-corrected chi connectivity index (χ2v) is 8.62. The highest BCUT2D eigenvalue weighted by Gasteiger charge is 2.32. The van der Waals surface area contributed by atoms with Crippen LogP contribution in [0.1, 0.15) is 29.4 Å². The molecule has 0 radical (unpaired) electrons. The lowest BCUT2D eigenvalue weighted by Crippen LogP contribution is -2.36. The summed E-state index contributed by atoms with van der Waals surface area (Å²) in [4.78, 5) is 25.9. The smallest absolute Gasteiger partial charge is 0.340 e. The van der Waals surface area contributed by atoms with Crippen molar-refractivity contribution in [2.75, 3.05) is 0 Å². The summed E-state index contributed by atoms with van der Waals surface area (Å²) in [5.41, 5.74) is -1.76. The average Bonchev–Trinajstić information content (AvgIpc) is 3.50. The Hall–Kier alpha value is -4.21. The SMILES string of the molecule is O=C(Cn1nc(-c2ccc(Cl)cc2)n(CCC(F)(F)F)c1=O)NC(c1cccc(C(F)(F)F)c1)c1nn[nH]n1. The van der Waals surface area contributed by atoms with E-state index in [0.29, 0.717) is 9.70 Å². The minimum Gasteiger partial charge on any atom is -0.340 e. The van der Waals surface area contributed by atoms with Gasteiger partial charge < -0.3 is 5.32 Å². The number of nitrogens with zero attached hydrogens (tertiary/aromatic N) is 6. The molecule has 39 heavy (non-hydrogen) atoms. The van der Waals surface area contributed by atoms with Gasteiger partial charge in [-0.3, -0.25) is 9.36 Å². The third-order valence-electron chi connectivity index (χ3n) is 5.41. The monoisotopic (exact) mass is 574 g/mol. The Kier molecular flexibility index (Phi) is 7.76. The molecule has 0 aliphatic rings. The summed E-state index contributed by atoms with van der Waals surface area (Å²) < 4.78 is 79.9.